The molecule has 70 valence electrons. The molecule has 0 aromatic carbocycles. The fourth-order valence-corrected chi connectivity index (χ4v) is 1.59. The van der Waals surface area contributed by atoms with E-state index < -0.39 is 0 Å². The van der Waals surface area contributed by atoms with E-state index >= 15 is 0 Å². The Hall–Kier alpha value is -0.340. The summed E-state index contributed by atoms with van der Waals surface area (Å²) in [5, 5.41) is 9.40. The average Bonchev–Trinajstić information content (AvgIpc) is 2.03. The van der Waals surface area contributed by atoms with Gasteiger partial charge in [-0.2, -0.15) is 0 Å². The summed E-state index contributed by atoms with van der Waals surface area (Å²) < 4.78 is 0. The van der Waals surface area contributed by atoms with Crippen molar-refractivity contribution in [1.29, 1.82) is 0 Å². The lowest BCUT2D eigenvalue weighted by Crippen LogP contribution is -2.42. The zero-order valence-electron chi connectivity index (χ0n) is 8.25. The Bertz CT molecular complexity index is 175. The highest BCUT2D eigenvalue weighted by Crippen LogP contribution is 2.13. The highest BCUT2D eigenvalue weighted by molar-refractivity contribution is 5.05. The molecule has 0 bridgehead atoms. The fourth-order valence-electron chi connectivity index (χ4n) is 1.59. The van der Waals surface area contributed by atoms with Crippen LogP contribution in [0.1, 0.15) is 27.2 Å². The van der Waals surface area contributed by atoms with Crippen LogP contribution in [0.2, 0.25) is 0 Å². The highest BCUT2D eigenvalue weighted by atomic mass is 16.3. The number of nitrogens with zero attached hydrogens (tertiary/aromatic N) is 1. The van der Waals surface area contributed by atoms with E-state index in [4.69, 9.17) is 0 Å². The van der Waals surface area contributed by atoms with Crippen molar-refractivity contribution in [3.8, 4) is 0 Å². The first kappa shape index (κ1) is 9.75. The Kier molecular flexibility index (Phi) is 3.29. The fraction of sp³-hybridized carbons (Fsp3) is 0.800. The molecule has 2 unspecified atom stereocenters. The highest BCUT2D eigenvalue weighted by Gasteiger charge is 2.19. The third-order valence-electron chi connectivity index (χ3n) is 2.64. The van der Waals surface area contributed by atoms with Crippen molar-refractivity contribution in [1.82, 2.24) is 4.90 Å². The molecule has 0 aliphatic carbocycles. The first-order valence-electron chi connectivity index (χ1n) is 4.69. The van der Waals surface area contributed by atoms with E-state index in [2.05, 4.69) is 24.8 Å². The smallest absolute Gasteiger partial charge is 0.0664 e. The van der Waals surface area contributed by atoms with Crippen molar-refractivity contribution in [3.63, 3.8) is 0 Å². The Morgan fingerprint density at radius 3 is 2.67 bits per heavy atom. The molecule has 1 aliphatic rings. The van der Waals surface area contributed by atoms with Gasteiger partial charge in [-0.1, -0.05) is 11.6 Å². The SMILES string of the molecule is CC1=CCCN(C(C)C(C)O)C1. The second kappa shape index (κ2) is 4.06. The summed E-state index contributed by atoms with van der Waals surface area (Å²) in [6.45, 7) is 8.21. The van der Waals surface area contributed by atoms with E-state index in [-0.39, 0.29) is 12.1 Å². The summed E-state index contributed by atoms with van der Waals surface area (Å²) >= 11 is 0. The van der Waals surface area contributed by atoms with Crippen molar-refractivity contribution in [3.05, 3.63) is 11.6 Å². The van der Waals surface area contributed by atoms with Gasteiger partial charge >= 0.3 is 0 Å². The standard InChI is InChI=1S/C10H19NO/c1-8-5-4-6-11(7-8)9(2)10(3)12/h5,9-10,12H,4,6-7H2,1-3H3. The van der Waals surface area contributed by atoms with Gasteiger partial charge in [-0.05, 0) is 27.2 Å². The zero-order chi connectivity index (χ0) is 9.14. The van der Waals surface area contributed by atoms with Crippen LogP contribution in [-0.2, 0) is 0 Å². The minimum atomic E-state index is -0.226. The van der Waals surface area contributed by atoms with Gasteiger partial charge in [0.2, 0.25) is 0 Å². The predicted molar refractivity (Wildman–Crippen MR) is 51.1 cm³/mol. The van der Waals surface area contributed by atoms with Gasteiger partial charge < -0.3 is 5.11 Å². The van der Waals surface area contributed by atoms with Crippen molar-refractivity contribution >= 4 is 0 Å². The summed E-state index contributed by atoms with van der Waals surface area (Å²) in [7, 11) is 0. The van der Waals surface area contributed by atoms with Crippen molar-refractivity contribution in [2.45, 2.75) is 39.3 Å². The van der Waals surface area contributed by atoms with Crippen molar-refractivity contribution in [2.75, 3.05) is 13.1 Å². The molecule has 0 amide bonds. The molecule has 0 fully saturated rings. The van der Waals surface area contributed by atoms with Crippen LogP contribution >= 0.6 is 0 Å². The Balaban J connectivity index is 2.49. The van der Waals surface area contributed by atoms with Crippen LogP contribution < -0.4 is 0 Å². The normalized spacial score (nSPS) is 24.8. The first-order chi connectivity index (χ1) is 5.61. The van der Waals surface area contributed by atoms with E-state index in [0.29, 0.717) is 0 Å². The number of hydrogen-bond donors (Lipinski definition) is 1. The van der Waals surface area contributed by atoms with Gasteiger partial charge in [0.1, 0.15) is 0 Å². The van der Waals surface area contributed by atoms with Crippen molar-refractivity contribution in [2.24, 2.45) is 0 Å². The molecule has 0 spiro atoms. The number of aliphatic hydroxyl groups excluding tert-OH is 1. The molecule has 2 nitrogen and oxygen atoms in total. The van der Waals surface area contributed by atoms with E-state index in [1.165, 1.54) is 5.57 Å². The summed E-state index contributed by atoms with van der Waals surface area (Å²) in [6.07, 6.45) is 3.18. The van der Waals surface area contributed by atoms with Crippen LogP contribution in [0.4, 0.5) is 0 Å². The molecule has 1 heterocycles. The molecule has 0 radical (unpaired) electrons. The molecule has 0 saturated carbocycles. The maximum Gasteiger partial charge on any atom is 0.0664 e. The molecule has 0 aromatic heterocycles. The lowest BCUT2D eigenvalue weighted by molar-refractivity contribution is 0.0748. The molecular formula is C10H19NO. The summed E-state index contributed by atoms with van der Waals surface area (Å²) in [5.41, 5.74) is 1.42. The number of rotatable bonds is 2. The first-order valence-corrected chi connectivity index (χ1v) is 4.69. The van der Waals surface area contributed by atoms with Crippen LogP contribution in [0.3, 0.4) is 0 Å². The van der Waals surface area contributed by atoms with Gasteiger partial charge in [0.15, 0.2) is 0 Å². The number of hydrogen-bond acceptors (Lipinski definition) is 2. The topological polar surface area (TPSA) is 23.5 Å². The molecule has 2 atom stereocenters. The Morgan fingerprint density at radius 2 is 2.17 bits per heavy atom. The molecular weight excluding hydrogens is 150 g/mol. The van der Waals surface area contributed by atoms with Gasteiger partial charge in [0.25, 0.3) is 0 Å². The van der Waals surface area contributed by atoms with Crippen LogP contribution in [0.5, 0.6) is 0 Å². The largest absolute Gasteiger partial charge is 0.392 e. The summed E-state index contributed by atoms with van der Waals surface area (Å²) in [4.78, 5) is 2.33. The molecule has 1 rings (SSSR count). The number of aliphatic hydroxyl groups is 1. The van der Waals surface area contributed by atoms with Crippen LogP contribution in [0, 0.1) is 0 Å². The lowest BCUT2D eigenvalue weighted by atomic mass is 10.1. The van der Waals surface area contributed by atoms with Crippen LogP contribution in [0.25, 0.3) is 0 Å². The monoisotopic (exact) mass is 169 g/mol. The third-order valence-corrected chi connectivity index (χ3v) is 2.64. The maximum absolute atomic E-state index is 9.40. The molecule has 12 heavy (non-hydrogen) atoms. The second-order valence-electron chi connectivity index (χ2n) is 3.79. The van der Waals surface area contributed by atoms with Gasteiger partial charge in [-0.25, -0.2) is 0 Å². The molecule has 2 heteroatoms. The predicted octanol–water partition coefficient (Wildman–Crippen LogP) is 1.41. The van der Waals surface area contributed by atoms with E-state index in [1.54, 1.807) is 0 Å². The van der Waals surface area contributed by atoms with Crippen molar-refractivity contribution < 1.29 is 5.11 Å². The van der Waals surface area contributed by atoms with Gasteiger partial charge in [-0.3, -0.25) is 4.90 Å². The molecule has 1 N–H and O–H groups in total. The van der Waals surface area contributed by atoms with E-state index in [1.807, 2.05) is 6.92 Å². The lowest BCUT2D eigenvalue weighted by Gasteiger charge is -2.33. The zero-order valence-corrected chi connectivity index (χ0v) is 8.25. The summed E-state index contributed by atoms with van der Waals surface area (Å²) in [6, 6.07) is 0.286. The minimum Gasteiger partial charge on any atom is -0.392 e. The summed E-state index contributed by atoms with van der Waals surface area (Å²) in [5.74, 6) is 0. The van der Waals surface area contributed by atoms with E-state index in [9.17, 15) is 5.11 Å². The average molecular weight is 169 g/mol. The Morgan fingerprint density at radius 1 is 1.50 bits per heavy atom. The Labute approximate surface area is 74.9 Å². The quantitative estimate of drug-likeness (QED) is 0.632. The van der Waals surface area contributed by atoms with Gasteiger partial charge in [-0.15, -0.1) is 0 Å². The molecule has 1 aliphatic heterocycles. The molecule has 0 aromatic rings. The molecule has 0 saturated heterocycles. The third kappa shape index (κ3) is 2.32. The van der Waals surface area contributed by atoms with Gasteiger partial charge in [0.05, 0.1) is 6.10 Å². The minimum absolute atomic E-state index is 0.226. The van der Waals surface area contributed by atoms with E-state index in [0.717, 1.165) is 19.5 Å². The van der Waals surface area contributed by atoms with Crippen LogP contribution in [-0.4, -0.2) is 35.2 Å². The van der Waals surface area contributed by atoms with Crippen LogP contribution in [0.15, 0.2) is 11.6 Å². The second-order valence-corrected chi connectivity index (χ2v) is 3.79. The maximum atomic E-state index is 9.40. The van der Waals surface area contributed by atoms with Gasteiger partial charge in [0, 0.05) is 19.1 Å².